The summed E-state index contributed by atoms with van der Waals surface area (Å²) in [5, 5.41) is 13.2. The second-order valence-corrected chi connectivity index (χ2v) is 4.08. The van der Waals surface area contributed by atoms with Crippen LogP contribution in [0, 0.1) is 20.8 Å². The highest BCUT2D eigenvalue weighted by Gasteiger charge is 2.21. The topological polar surface area (TPSA) is 41.8 Å². The fourth-order valence-corrected chi connectivity index (χ4v) is 2.15. The van der Waals surface area contributed by atoms with E-state index in [1.54, 1.807) is 0 Å². The molecular weight excluding hydrogens is 190 g/mol. The molecule has 1 aliphatic rings. The van der Waals surface area contributed by atoms with E-state index in [0.717, 1.165) is 11.3 Å². The van der Waals surface area contributed by atoms with E-state index in [1.807, 2.05) is 0 Å². The number of hydrogen-bond acceptors (Lipinski definition) is 3. The van der Waals surface area contributed by atoms with E-state index in [-0.39, 0.29) is 0 Å². The Labute approximate surface area is 89.4 Å². The summed E-state index contributed by atoms with van der Waals surface area (Å²) in [6.07, 6.45) is -0.301. The summed E-state index contributed by atoms with van der Waals surface area (Å²) >= 11 is 0. The third kappa shape index (κ3) is 1.88. The number of aliphatic hydroxyl groups excluding tert-OH is 1. The zero-order valence-electron chi connectivity index (χ0n) is 9.24. The van der Waals surface area contributed by atoms with E-state index >= 15 is 0 Å². The van der Waals surface area contributed by atoms with Crippen molar-refractivity contribution >= 4 is 5.71 Å². The maximum Gasteiger partial charge on any atom is 0.230 e. The van der Waals surface area contributed by atoms with E-state index in [4.69, 9.17) is 4.84 Å². The molecule has 15 heavy (non-hydrogen) atoms. The predicted molar refractivity (Wildman–Crippen MR) is 58.9 cm³/mol. The lowest BCUT2D eigenvalue weighted by Gasteiger charge is -2.09. The van der Waals surface area contributed by atoms with Crippen molar-refractivity contribution in [1.29, 1.82) is 0 Å². The van der Waals surface area contributed by atoms with Gasteiger partial charge in [-0.25, -0.2) is 0 Å². The van der Waals surface area contributed by atoms with Crippen LogP contribution in [0.3, 0.4) is 0 Å². The summed E-state index contributed by atoms with van der Waals surface area (Å²) < 4.78 is 0. The van der Waals surface area contributed by atoms with Gasteiger partial charge in [-0.2, -0.15) is 0 Å². The molecule has 1 atom stereocenters. The van der Waals surface area contributed by atoms with Gasteiger partial charge in [0.2, 0.25) is 6.29 Å². The molecule has 1 aromatic rings. The van der Waals surface area contributed by atoms with Gasteiger partial charge in [-0.1, -0.05) is 22.9 Å². The monoisotopic (exact) mass is 205 g/mol. The van der Waals surface area contributed by atoms with Crippen LogP contribution in [-0.4, -0.2) is 17.1 Å². The highest BCUT2D eigenvalue weighted by Crippen LogP contribution is 2.22. The third-order valence-corrected chi connectivity index (χ3v) is 2.62. The van der Waals surface area contributed by atoms with Crippen LogP contribution in [0.4, 0.5) is 0 Å². The van der Waals surface area contributed by atoms with E-state index in [2.05, 4.69) is 38.1 Å². The van der Waals surface area contributed by atoms with Crippen molar-refractivity contribution in [1.82, 2.24) is 0 Å². The van der Waals surface area contributed by atoms with Gasteiger partial charge in [0.15, 0.2) is 0 Å². The van der Waals surface area contributed by atoms with Crippen LogP contribution >= 0.6 is 0 Å². The number of aryl methyl sites for hydroxylation is 3. The van der Waals surface area contributed by atoms with Crippen LogP contribution in [0.2, 0.25) is 0 Å². The van der Waals surface area contributed by atoms with Gasteiger partial charge in [0.1, 0.15) is 0 Å². The van der Waals surface area contributed by atoms with Crippen molar-refractivity contribution in [2.75, 3.05) is 0 Å². The molecule has 1 heterocycles. The first-order valence-electron chi connectivity index (χ1n) is 5.07. The van der Waals surface area contributed by atoms with Crippen LogP contribution in [-0.2, 0) is 4.84 Å². The van der Waals surface area contributed by atoms with Gasteiger partial charge in [0.05, 0.1) is 12.1 Å². The van der Waals surface area contributed by atoms with Crippen molar-refractivity contribution in [3.05, 3.63) is 34.4 Å². The molecule has 3 heteroatoms. The van der Waals surface area contributed by atoms with Gasteiger partial charge in [0, 0.05) is 5.56 Å². The highest BCUT2D eigenvalue weighted by molar-refractivity contribution is 6.03. The molecule has 0 saturated carbocycles. The fourth-order valence-electron chi connectivity index (χ4n) is 2.15. The van der Waals surface area contributed by atoms with Crippen LogP contribution in [0.25, 0.3) is 0 Å². The summed E-state index contributed by atoms with van der Waals surface area (Å²) in [5.41, 5.74) is 5.57. The minimum Gasteiger partial charge on any atom is -0.363 e. The van der Waals surface area contributed by atoms with Crippen molar-refractivity contribution in [3.8, 4) is 0 Å². The van der Waals surface area contributed by atoms with Crippen LogP contribution in [0.5, 0.6) is 0 Å². The van der Waals surface area contributed by atoms with Gasteiger partial charge in [-0.3, -0.25) is 0 Å². The molecular formula is C12H15NO2. The van der Waals surface area contributed by atoms with Gasteiger partial charge in [-0.15, -0.1) is 0 Å². The standard InChI is InChI=1S/C12H15NO2/c1-7-4-8(2)12(9(3)5-7)10-6-11(14)15-13-10/h4-5,11,14H,6H2,1-3H3. The highest BCUT2D eigenvalue weighted by atomic mass is 16.7. The first kappa shape index (κ1) is 10.2. The van der Waals surface area contributed by atoms with Crippen LogP contribution in [0.1, 0.15) is 28.7 Å². The Morgan fingerprint density at radius 1 is 1.27 bits per heavy atom. The molecule has 3 nitrogen and oxygen atoms in total. The molecule has 2 rings (SSSR count). The molecule has 1 aliphatic heterocycles. The third-order valence-electron chi connectivity index (χ3n) is 2.62. The number of oxime groups is 1. The van der Waals surface area contributed by atoms with Crippen molar-refractivity contribution in [2.24, 2.45) is 5.16 Å². The Morgan fingerprint density at radius 2 is 1.87 bits per heavy atom. The Kier molecular flexibility index (Phi) is 2.49. The molecule has 0 saturated heterocycles. The van der Waals surface area contributed by atoms with E-state index in [9.17, 15) is 5.11 Å². The first-order valence-corrected chi connectivity index (χ1v) is 5.07. The summed E-state index contributed by atoms with van der Waals surface area (Å²) in [7, 11) is 0. The summed E-state index contributed by atoms with van der Waals surface area (Å²) in [5.74, 6) is 0. The summed E-state index contributed by atoms with van der Waals surface area (Å²) in [6.45, 7) is 6.19. The number of nitrogens with zero attached hydrogens (tertiary/aromatic N) is 1. The van der Waals surface area contributed by atoms with E-state index in [1.165, 1.54) is 16.7 Å². The number of benzene rings is 1. The van der Waals surface area contributed by atoms with Gasteiger partial charge in [-0.05, 0) is 31.9 Å². The lowest BCUT2D eigenvalue weighted by molar-refractivity contribution is -0.0762. The maximum atomic E-state index is 9.26. The molecule has 0 aromatic heterocycles. The quantitative estimate of drug-likeness (QED) is 0.762. The molecule has 0 amide bonds. The second kappa shape index (κ2) is 3.66. The van der Waals surface area contributed by atoms with E-state index < -0.39 is 6.29 Å². The normalized spacial score (nSPS) is 20.0. The molecule has 0 aliphatic carbocycles. The Hall–Kier alpha value is -1.35. The van der Waals surface area contributed by atoms with Gasteiger partial charge >= 0.3 is 0 Å². The second-order valence-electron chi connectivity index (χ2n) is 4.08. The molecule has 0 radical (unpaired) electrons. The Bertz CT molecular complexity index is 401. The molecule has 1 aromatic carbocycles. The fraction of sp³-hybridized carbons (Fsp3) is 0.417. The maximum absolute atomic E-state index is 9.26. The average Bonchev–Trinajstić information content (AvgIpc) is 2.49. The minimum atomic E-state index is -0.778. The average molecular weight is 205 g/mol. The lowest BCUT2D eigenvalue weighted by Crippen LogP contribution is -2.09. The first-order chi connectivity index (χ1) is 7.08. The predicted octanol–water partition coefficient (Wildman–Crippen LogP) is 2.05. The van der Waals surface area contributed by atoms with Crippen molar-refractivity contribution in [2.45, 2.75) is 33.5 Å². The molecule has 1 unspecified atom stereocenters. The van der Waals surface area contributed by atoms with E-state index in [0.29, 0.717) is 6.42 Å². The summed E-state index contributed by atoms with van der Waals surface area (Å²) in [6, 6.07) is 4.24. The molecule has 0 spiro atoms. The number of aliphatic hydroxyl groups is 1. The Balaban J connectivity index is 2.45. The molecule has 80 valence electrons. The smallest absolute Gasteiger partial charge is 0.230 e. The van der Waals surface area contributed by atoms with Crippen LogP contribution in [0.15, 0.2) is 17.3 Å². The Morgan fingerprint density at radius 3 is 2.33 bits per heavy atom. The SMILES string of the molecule is Cc1cc(C)c(C2=NOC(O)C2)c(C)c1. The molecule has 1 N–H and O–H groups in total. The van der Waals surface area contributed by atoms with Crippen molar-refractivity contribution in [3.63, 3.8) is 0 Å². The molecule has 0 bridgehead atoms. The lowest BCUT2D eigenvalue weighted by atomic mass is 9.95. The minimum absolute atomic E-state index is 0.477. The summed E-state index contributed by atoms with van der Waals surface area (Å²) in [4.78, 5) is 4.80. The number of hydrogen-bond donors (Lipinski definition) is 1. The van der Waals surface area contributed by atoms with Gasteiger partial charge in [0.25, 0.3) is 0 Å². The largest absolute Gasteiger partial charge is 0.363 e. The number of rotatable bonds is 1. The molecule has 0 fully saturated rings. The van der Waals surface area contributed by atoms with Crippen molar-refractivity contribution < 1.29 is 9.94 Å². The zero-order chi connectivity index (χ0) is 11.0. The van der Waals surface area contributed by atoms with Crippen LogP contribution < -0.4 is 0 Å². The van der Waals surface area contributed by atoms with Gasteiger partial charge < -0.3 is 9.94 Å². The zero-order valence-corrected chi connectivity index (χ0v) is 9.24.